The van der Waals surface area contributed by atoms with Crippen LogP contribution in [0.2, 0.25) is 0 Å². The maximum Gasteiger partial charge on any atom is 0.416 e. The van der Waals surface area contributed by atoms with Gasteiger partial charge in [-0.3, -0.25) is 0 Å². The fraction of sp³-hybridized carbons (Fsp3) is 0.312. The number of nitrogens with two attached hydrogens (primary N) is 1. The van der Waals surface area contributed by atoms with E-state index in [-0.39, 0.29) is 29.5 Å². The predicted octanol–water partition coefficient (Wildman–Crippen LogP) is 2.53. The van der Waals surface area contributed by atoms with E-state index < -0.39 is 17.8 Å². The van der Waals surface area contributed by atoms with E-state index in [0.29, 0.717) is 13.2 Å². The molecule has 10 heteroatoms. The molecule has 1 aliphatic heterocycles. The molecule has 0 unspecified atom stereocenters. The van der Waals surface area contributed by atoms with E-state index in [0.717, 1.165) is 12.1 Å². The molecule has 0 spiro atoms. The van der Waals surface area contributed by atoms with Gasteiger partial charge in [0, 0.05) is 11.6 Å². The first-order chi connectivity index (χ1) is 12.4. The molecule has 0 bridgehead atoms. The van der Waals surface area contributed by atoms with Gasteiger partial charge in [-0.2, -0.15) is 23.4 Å². The zero-order valence-electron chi connectivity index (χ0n) is 13.4. The van der Waals surface area contributed by atoms with Crippen LogP contribution < -0.4 is 5.73 Å². The van der Waals surface area contributed by atoms with Crippen LogP contribution in [0.1, 0.15) is 5.56 Å². The van der Waals surface area contributed by atoms with Gasteiger partial charge in [0.25, 0.3) is 5.88 Å². The Morgan fingerprint density at radius 3 is 2.92 bits per heavy atom. The molecule has 2 aromatic rings. The first-order valence-electron chi connectivity index (χ1n) is 7.61. The van der Waals surface area contributed by atoms with Crippen molar-refractivity contribution < 1.29 is 22.4 Å². The number of morpholine rings is 1. The molecule has 1 fully saturated rings. The minimum atomic E-state index is -4.45. The molecule has 1 aliphatic rings. The molecule has 1 aromatic heterocycles. The third-order valence-corrected chi connectivity index (χ3v) is 3.76. The summed E-state index contributed by atoms with van der Waals surface area (Å²) < 4.78 is 48.9. The Morgan fingerprint density at radius 1 is 1.38 bits per heavy atom. The van der Waals surface area contributed by atoms with Crippen LogP contribution in [0.3, 0.4) is 0 Å². The molecule has 1 aromatic carbocycles. The minimum absolute atomic E-state index is 0.0348. The topological polar surface area (TPSA) is 101 Å². The summed E-state index contributed by atoms with van der Waals surface area (Å²) in [5.41, 5.74) is 5.54. The molecule has 3 rings (SSSR count). The summed E-state index contributed by atoms with van der Waals surface area (Å²) in [6.45, 7) is 1.07. The van der Waals surface area contributed by atoms with Crippen LogP contribution >= 0.6 is 0 Å². The second-order valence-corrected chi connectivity index (χ2v) is 5.57. The number of hydrogen-bond donors (Lipinski definition) is 1. The lowest BCUT2D eigenvalue weighted by Gasteiger charge is -2.28. The van der Waals surface area contributed by atoms with Crippen molar-refractivity contribution >= 4 is 11.7 Å². The standard InChI is InChI=1S/C16H14F3N5O2/c17-16(18,19)11-3-1-2-10(6-11)12-7-14(26-23-12)22-15(21)13-8-24(9-20)4-5-25-13/h1-3,6-7,13H,4-5,8H2,(H2,21,22)/t13-/m1/s1. The van der Waals surface area contributed by atoms with E-state index in [1.807, 2.05) is 6.19 Å². The second kappa shape index (κ2) is 7.05. The number of rotatable bonds is 3. The third-order valence-electron chi connectivity index (χ3n) is 3.76. The smallest absolute Gasteiger partial charge is 0.385 e. The molecular weight excluding hydrogens is 351 g/mol. The highest BCUT2D eigenvalue weighted by atomic mass is 19.4. The summed E-state index contributed by atoms with van der Waals surface area (Å²) >= 11 is 0. The number of amidine groups is 1. The Labute approximate surface area is 146 Å². The van der Waals surface area contributed by atoms with E-state index in [2.05, 4.69) is 10.1 Å². The van der Waals surface area contributed by atoms with Crippen LogP contribution in [0.4, 0.5) is 19.1 Å². The molecule has 7 nitrogen and oxygen atoms in total. The molecule has 2 heterocycles. The second-order valence-electron chi connectivity index (χ2n) is 5.57. The Bertz CT molecular complexity index is 856. The molecule has 26 heavy (non-hydrogen) atoms. The first kappa shape index (κ1) is 17.8. The Morgan fingerprint density at radius 2 is 2.19 bits per heavy atom. The van der Waals surface area contributed by atoms with Gasteiger partial charge in [0.05, 0.1) is 25.3 Å². The molecule has 2 N–H and O–H groups in total. The molecule has 0 aliphatic carbocycles. The minimum Gasteiger partial charge on any atom is -0.385 e. The Balaban J connectivity index is 1.79. The normalized spacial score (nSPS) is 18.6. The number of ether oxygens (including phenoxy) is 1. The van der Waals surface area contributed by atoms with Gasteiger partial charge in [-0.15, -0.1) is 0 Å². The highest BCUT2D eigenvalue weighted by molar-refractivity contribution is 5.87. The zero-order chi connectivity index (χ0) is 18.7. The van der Waals surface area contributed by atoms with Gasteiger partial charge in [0.15, 0.2) is 6.19 Å². The summed E-state index contributed by atoms with van der Waals surface area (Å²) in [7, 11) is 0. The van der Waals surface area contributed by atoms with Crippen molar-refractivity contribution in [2.75, 3.05) is 19.7 Å². The highest BCUT2D eigenvalue weighted by Crippen LogP contribution is 2.32. The van der Waals surface area contributed by atoms with Crippen LogP contribution in [0.15, 0.2) is 39.8 Å². The average Bonchev–Trinajstić information content (AvgIpc) is 3.09. The lowest BCUT2D eigenvalue weighted by Crippen LogP contribution is -2.46. The molecule has 0 saturated carbocycles. The van der Waals surface area contributed by atoms with Gasteiger partial charge in [0.1, 0.15) is 17.6 Å². The SMILES string of the molecule is N#CN1CCO[C@@H](C(N)=Nc2cc(-c3cccc(C(F)(F)F)c3)no2)C1. The molecule has 0 radical (unpaired) electrons. The maximum absolute atomic E-state index is 12.8. The van der Waals surface area contributed by atoms with Crippen molar-refractivity contribution in [3.8, 4) is 17.5 Å². The summed E-state index contributed by atoms with van der Waals surface area (Å²) in [4.78, 5) is 5.54. The Hall–Kier alpha value is -3.06. The van der Waals surface area contributed by atoms with E-state index in [1.165, 1.54) is 23.1 Å². The number of halogens is 3. The quantitative estimate of drug-likeness (QED) is 0.510. The van der Waals surface area contributed by atoms with Gasteiger partial charge in [0.2, 0.25) is 0 Å². The fourth-order valence-electron chi connectivity index (χ4n) is 2.43. The monoisotopic (exact) mass is 365 g/mol. The van der Waals surface area contributed by atoms with Gasteiger partial charge >= 0.3 is 6.18 Å². The molecule has 0 amide bonds. The van der Waals surface area contributed by atoms with Crippen LogP contribution in [0.5, 0.6) is 0 Å². The number of nitriles is 1. The maximum atomic E-state index is 12.8. The number of benzene rings is 1. The van der Waals surface area contributed by atoms with Gasteiger partial charge in [-0.25, -0.2) is 0 Å². The van der Waals surface area contributed by atoms with Crippen molar-refractivity contribution in [2.24, 2.45) is 10.7 Å². The molecular formula is C16H14F3N5O2. The number of aliphatic imine (C=N–C) groups is 1. The van der Waals surface area contributed by atoms with Crippen molar-refractivity contribution in [3.63, 3.8) is 0 Å². The van der Waals surface area contributed by atoms with Crippen molar-refractivity contribution in [2.45, 2.75) is 12.3 Å². The van der Waals surface area contributed by atoms with E-state index in [1.54, 1.807) is 0 Å². The average molecular weight is 365 g/mol. The number of hydrogen-bond acceptors (Lipinski definition) is 6. The van der Waals surface area contributed by atoms with Gasteiger partial charge in [-0.05, 0) is 12.1 Å². The molecule has 1 atom stereocenters. The molecule has 136 valence electrons. The summed E-state index contributed by atoms with van der Waals surface area (Å²) in [5, 5.41) is 12.7. The van der Waals surface area contributed by atoms with E-state index >= 15 is 0 Å². The number of nitrogens with zero attached hydrogens (tertiary/aromatic N) is 4. The van der Waals surface area contributed by atoms with Gasteiger partial charge < -0.3 is 19.9 Å². The fourth-order valence-corrected chi connectivity index (χ4v) is 2.43. The van der Waals surface area contributed by atoms with E-state index in [9.17, 15) is 13.2 Å². The summed E-state index contributed by atoms with van der Waals surface area (Å²) in [5.74, 6) is 0.129. The Kier molecular flexibility index (Phi) is 4.81. The third kappa shape index (κ3) is 3.94. The first-order valence-corrected chi connectivity index (χ1v) is 7.61. The van der Waals surface area contributed by atoms with Crippen LogP contribution in [-0.2, 0) is 10.9 Å². The van der Waals surface area contributed by atoms with E-state index in [4.69, 9.17) is 20.3 Å². The van der Waals surface area contributed by atoms with Crippen molar-refractivity contribution in [1.82, 2.24) is 10.1 Å². The van der Waals surface area contributed by atoms with Crippen molar-refractivity contribution in [3.05, 3.63) is 35.9 Å². The lowest BCUT2D eigenvalue weighted by atomic mass is 10.1. The zero-order valence-corrected chi connectivity index (χ0v) is 13.4. The lowest BCUT2D eigenvalue weighted by molar-refractivity contribution is -0.137. The van der Waals surface area contributed by atoms with Crippen molar-refractivity contribution in [1.29, 1.82) is 5.26 Å². The largest absolute Gasteiger partial charge is 0.416 e. The summed E-state index contributed by atoms with van der Waals surface area (Å²) in [6, 6.07) is 6.11. The van der Waals surface area contributed by atoms with Gasteiger partial charge in [-0.1, -0.05) is 17.3 Å². The summed E-state index contributed by atoms with van der Waals surface area (Å²) in [6.07, 6.45) is -3.02. The number of aromatic nitrogens is 1. The number of alkyl halides is 3. The van der Waals surface area contributed by atoms with Crippen LogP contribution in [0, 0.1) is 11.5 Å². The predicted molar refractivity (Wildman–Crippen MR) is 85.1 cm³/mol. The van der Waals surface area contributed by atoms with Crippen LogP contribution in [0.25, 0.3) is 11.3 Å². The molecule has 1 saturated heterocycles. The van der Waals surface area contributed by atoms with Crippen LogP contribution in [-0.4, -0.2) is 41.7 Å². The highest BCUT2D eigenvalue weighted by Gasteiger charge is 2.30.